The van der Waals surface area contributed by atoms with Crippen LogP contribution in [0.15, 0.2) is 60.7 Å². The van der Waals surface area contributed by atoms with Crippen LogP contribution in [0.25, 0.3) is 11.6 Å². The molecule has 0 fully saturated rings. The molecule has 116 valence electrons. The predicted octanol–water partition coefficient (Wildman–Crippen LogP) is 4.52. The standard InChI is InChI=1S/C20H17FO2/c1-2-23-20-12-9-14-5-3-4-6-17(14)18(20)13-19(22)15-7-10-16(21)11-8-15/h3-13,20H,2H2,1H3/b18-13+/t20-/m0/s1. The molecule has 0 amide bonds. The summed E-state index contributed by atoms with van der Waals surface area (Å²) in [6.45, 7) is 2.48. The van der Waals surface area contributed by atoms with E-state index < -0.39 is 0 Å². The average molecular weight is 308 g/mol. The maximum absolute atomic E-state index is 13.0. The lowest BCUT2D eigenvalue weighted by Gasteiger charge is -2.23. The van der Waals surface area contributed by atoms with Crippen LogP contribution in [0.1, 0.15) is 28.4 Å². The molecule has 3 rings (SSSR count). The third kappa shape index (κ3) is 3.30. The molecule has 0 aromatic heterocycles. The second-order valence-corrected chi connectivity index (χ2v) is 5.29. The zero-order chi connectivity index (χ0) is 16.2. The van der Waals surface area contributed by atoms with Crippen molar-refractivity contribution in [3.05, 3.63) is 83.2 Å². The molecule has 0 saturated carbocycles. The Kier molecular flexibility index (Phi) is 4.49. The van der Waals surface area contributed by atoms with E-state index in [-0.39, 0.29) is 17.7 Å². The Balaban J connectivity index is 2.01. The smallest absolute Gasteiger partial charge is 0.186 e. The molecule has 2 nitrogen and oxygen atoms in total. The van der Waals surface area contributed by atoms with Crippen LogP contribution in [0, 0.1) is 5.82 Å². The first-order chi connectivity index (χ1) is 11.2. The van der Waals surface area contributed by atoms with Crippen molar-refractivity contribution in [2.45, 2.75) is 13.0 Å². The fourth-order valence-electron chi connectivity index (χ4n) is 2.68. The topological polar surface area (TPSA) is 26.3 Å². The first kappa shape index (κ1) is 15.4. The lowest BCUT2D eigenvalue weighted by atomic mass is 9.89. The molecule has 0 spiro atoms. The minimum atomic E-state index is -0.354. The van der Waals surface area contributed by atoms with Gasteiger partial charge in [0.05, 0.1) is 0 Å². The van der Waals surface area contributed by atoms with E-state index in [9.17, 15) is 9.18 Å². The fraction of sp³-hybridized carbons (Fsp3) is 0.150. The molecule has 3 heteroatoms. The molecule has 0 saturated heterocycles. The maximum atomic E-state index is 13.0. The zero-order valence-corrected chi connectivity index (χ0v) is 12.8. The molecule has 23 heavy (non-hydrogen) atoms. The lowest BCUT2D eigenvalue weighted by Crippen LogP contribution is -2.17. The third-order valence-corrected chi connectivity index (χ3v) is 3.79. The van der Waals surface area contributed by atoms with Gasteiger partial charge in [-0.15, -0.1) is 0 Å². The second-order valence-electron chi connectivity index (χ2n) is 5.29. The molecule has 0 N–H and O–H groups in total. The van der Waals surface area contributed by atoms with Crippen molar-refractivity contribution in [3.63, 3.8) is 0 Å². The van der Waals surface area contributed by atoms with Crippen LogP contribution in [-0.4, -0.2) is 18.5 Å². The monoisotopic (exact) mass is 308 g/mol. The molecule has 0 heterocycles. The number of allylic oxidation sites excluding steroid dienone is 1. The number of halogens is 1. The van der Waals surface area contributed by atoms with Crippen molar-refractivity contribution in [3.8, 4) is 0 Å². The molecule has 0 unspecified atom stereocenters. The van der Waals surface area contributed by atoms with E-state index in [2.05, 4.69) is 0 Å². The molecule has 1 aliphatic carbocycles. The lowest BCUT2D eigenvalue weighted by molar-refractivity contribution is 0.104. The van der Waals surface area contributed by atoms with E-state index in [1.807, 2.05) is 43.3 Å². The Morgan fingerprint density at radius 1 is 1.17 bits per heavy atom. The van der Waals surface area contributed by atoms with Gasteiger partial charge >= 0.3 is 0 Å². The van der Waals surface area contributed by atoms with Crippen LogP contribution in [0.3, 0.4) is 0 Å². The Labute approximate surface area is 134 Å². The predicted molar refractivity (Wildman–Crippen MR) is 89.6 cm³/mol. The third-order valence-electron chi connectivity index (χ3n) is 3.79. The summed E-state index contributed by atoms with van der Waals surface area (Å²) in [5.41, 5.74) is 3.34. The van der Waals surface area contributed by atoms with Crippen LogP contribution < -0.4 is 0 Å². The molecular weight excluding hydrogens is 291 g/mol. The minimum absolute atomic E-state index is 0.158. The van der Waals surface area contributed by atoms with E-state index in [4.69, 9.17) is 4.74 Å². The van der Waals surface area contributed by atoms with Crippen LogP contribution in [-0.2, 0) is 4.74 Å². The Hall–Kier alpha value is -2.52. The molecule has 2 aromatic carbocycles. The van der Waals surface area contributed by atoms with Crippen molar-refractivity contribution in [1.82, 2.24) is 0 Å². The summed E-state index contributed by atoms with van der Waals surface area (Å²) < 4.78 is 18.8. The van der Waals surface area contributed by atoms with Crippen molar-refractivity contribution in [1.29, 1.82) is 0 Å². The number of ether oxygens (including phenoxy) is 1. The van der Waals surface area contributed by atoms with Gasteiger partial charge in [0.1, 0.15) is 11.9 Å². The Morgan fingerprint density at radius 2 is 1.91 bits per heavy atom. The largest absolute Gasteiger partial charge is 0.370 e. The van der Waals surface area contributed by atoms with Gasteiger partial charge < -0.3 is 4.74 Å². The Bertz CT molecular complexity index is 772. The number of benzene rings is 2. The van der Waals surface area contributed by atoms with Crippen LogP contribution >= 0.6 is 0 Å². The quantitative estimate of drug-likeness (QED) is 0.613. The second kappa shape index (κ2) is 6.71. The highest BCUT2D eigenvalue weighted by atomic mass is 19.1. The number of hydrogen-bond acceptors (Lipinski definition) is 2. The Morgan fingerprint density at radius 3 is 2.65 bits per heavy atom. The van der Waals surface area contributed by atoms with E-state index in [1.165, 1.54) is 24.3 Å². The van der Waals surface area contributed by atoms with Gasteiger partial charge in [-0.25, -0.2) is 4.39 Å². The number of ketones is 1. The normalized spacial score (nSPS) is 18.0. The summed E-state index contributed by atoms with van der Waals surface area (Å²) in [7, 11) is 0. The molecule has 0 aliphatic heterocycles. The van der Waals surface area contributed by atoms with Crippen LogP contribution in [0.4, 0.5) is 4.39 Å². The summed E-state index contributed by atoms with van der Waals surface area (Å²) in [5, 5.41) is 0. The molecule has 1 aliphatic rings. The molecular formula is C20H17FO2. The summed E-state index contributed by atoms with van der Waals surface area (Å²) in [5.74, 6) is -0.512. The first-order valence-electron chi connectivity index (χ1n) is 7.59. The number of fused-ring (bicyclic) bond motifs is 1. The summed E-state index contributed by atoms with van der Waals surface area (Å²) >= 11 is 0. The average Bonchev–Trinajstić information content (AvgIpc) is 2.57. The maximum Gasteiger partial charge on any atom is 0.186 e. The van der Waals surface area contributed by atoms with Crippen molar-refractivity contribution in [2.75, 3.05) is 6.61 Å². The molecule has 2 aromatic rings. The summed E-state index contributed by atoms with van der Waals surface area (Å²) in [6, 6.07) is 13.5. The van der Waals surface area contributed by atoms with Crippen molar-refractivity contribution >= 4 is 17.4 Å². The van der Waals surface area contributed by atoms with Gasteiger partial charge in [-0.05, 0) is 54.0 Å². The van der Waals surface area contributed by atoms with Gasteiger partial charge in [0.2, 0.25) is 0 Å². The zero-order valence-electron chi connectivity index (χ0n) is 12.8. The van der Waals surface area contributed by atoms with Gasteiger partial charge in [-0.1, -0.05) is 36.4 Å². The van der Waals surface area contributed by atoms with Crippen LogP contribution in [0.5, 0.6) is 0 Å². The molecule has 0 bridgehead atoms. The van der Waals surface area contributed by atoms with Gasteiger partial charge in [-0.3, -0.25) is 4.79 Å². The number of rotatable bonds is 4. The highest BCUT2D eigenvalue weighted by Crippen LogP contribution is 2.31. The van der Waals surface area contributed by atoms with Crippen molar-refractivity contribution in [2.24, 2.45) is 0 Å². The van der Waals surface area contributed by atoms with E-state index in [0.717, 1.165) is 16.7 Å². The van der Waals surface area contributed by atoms with E-state index in [1.54, 1.807) is 6.08 Å². The minimum Gasteiger partial charge on any atom is -0.370 e. The summed E-state index contributed by atoms with van der Waals surface area (Å²) in [4.78, 5) is 12.5. The van der Waals surface area contributed by atoms with E-state index in [0.29, 0.717) is 12.2 Å². The first-order valence-corrected chi connectivity index (χ1v) is 7.59. The van der Waals surface area contributed by atoms with Crippen LogP contribution in [0.2, 0.25) is 0 Å². The highest BCUT2D eigenvalue weighted by molar-refractivity contribution is 6.09. The fourth-order valence-corrected chi connectivity index (χ4v) is 2.68. The number of carbonyl (C=O) groups is 1. The number of carbonyl (C=O) groups excluding carboxylic acids is 1. The van der Waals surface area contributed by atoms with Gasteiger partial charge in [-0.2, -0.15) is 0 Å². The SMILES string of the molecule is CCO[C@H]1C=Cc2ccccc2/C1=C\C(=O)c1ccc(F)cc1. The van der Waals surface area contributed by atoms with Gasteiger partial charge in [0.15, 0.2) is 5.78 Å². The van der Waals surface area contributed by atoms with E-state index >= 15 is 0 Å². The van der Waals surface area contributed by atoms with Gasteiger partial charge in [0, 0.05) is 12.2 Å². The number of hydrogen-bond donors (Lipinski definition) is 0. The molecule has 0 radical (unpaired) electrons. The highest BCUT2D eigenvalue weighted by Gasteiger charge is 2.21. The van der Waals surface area contributed by atoms with Gasteiger partial charge in [0.25, 0.3) is 0 Å². The molecule has 1 atom stereocenters. The summed E-state index contributed by atoms with van der Waals surface area (Å²) in [6.07, 6.45) is 5.31. The van der Waals surface area contributed by atoms with Crippen molar-refractivity contribution < 1.29 is 13.9 Å².